The Labute approximate surface area is 149 Å². The van der Waals surface area contributed by atoms with Gasteiger partial charge >= 0.3 is 0 Å². The molecule has 23 heavy (non-hydrogen) atoms. The van der Waals surface area contributed by atoms with Gasteiger partial charge in [-0.05, 0) is 47.7 Å². The average molecular weight is 422 g/mol. The van der Waals surface area contributed by atoms with Crippen LogP contribution in [0.1, 0.15) is 13.8 Å². The maximum Gasteiger partial charge on any atom is 0.111 e. The second-order valence-corrected chi connectivity index (χ2v) is 7.07. The molecule has 1 aromatic carbocycles. The number of hydrogen-bond acceptors (Lipinski definition) is 4. The monoisotopic (exact) mass is 422 g/mol. The zero-order valence-electron chi connectivity index (χ0n) is 13.3. The molecule has 1 atom stereocenters. The van der Waals surface area contributed by atoms with E-state index < -0.39 is 0 Å². The second kappa shape index (κ2) is 5.95. The van der Waals surface area contributed by atoms with Gasteiger partial charge in [-0.3, -0.25) is 20.4 Å². The number of amidine groups is 2. The average Bonchev–Trinajstić information content (AvgIpc) is 2.87. The summed E-state index contributed by atoms with van der Waals surface area (Å²) in [6.07, 6.45) is 3.82. The number of nitrogens with one attached hydrogen (secondary N) is 2. The van der Waals surface area contributed by atoms with Gasteiger partial charge in [0.1, 0.15) is 11.7 Å². The van der Waals surface area contributed by atoms with Crippen LogP contribution in [-0.4, -0.2) is 28.0 Å². The highest BCUT2D eigenvalue weighted by atomic mass is 127. The highest BCUT2D eigenvalue weighted by Crippen LogP contribution is 2.39. The molecule has 3 rings (SSSR count). The van der Waals surface area contributed by atoms with Gasteiger partial charge in [-0.15, -0.1) is 0 Å². The number of anilines is 3. The molecule has 1 aliphatic heterocycles. The molecule has 0 saturated carbocycles. The van der Waals surface area contributed by atoms with E-state index >= 15 is 0 Å². The Bertz CT molecular complexity index is 781. The molecular formula is C16H19IN6. The van der Waals surface area contributed by atoms with Crippen LogP contribution in [0.2, 0.25) is 0 Å². The van der Waals surface area contributed by atoms with E-state index in [0.717, 1.165) is 20.6 Å². The molecule has 1 aromatic heterocycles. The molecule has 7 heteroatoms. The Morgan fingerprint density at radius 1 is 1.35 bits per heavy atom. The molecule has 2 heterocycles. The SMILES string of the molecule is CC(=N)N1C(=N)[C@H](C)CN(c2cnn(C)c2)c2cc(I)ccc21. The van der Waals surface area contributed by atoms with E-state index in [-0.39, 0.29) is 5.92 Å². The summed E-state index contributed by atoms with van der Waals surface area (Å²) in [5.41, 5.74) is 2.88. The molecule has 2 N–H and O–H groups in total. The van der Waals surface area contributed by atoms with Crippen molar-refractivity contribution in [3.8, 4) is 0 Å². The molecule has 0 fully saturated rings. The highest BCUT2D eigenvalue weighted by Gasteiger charge is 2.31. The zero-order valence-corrected chi connectivity index (χ0v) is 15.5. The van der Waals surface area contributed by atoms with Gasteiger partial charge in [0.05, 0.1) is 23.3 Å². The van der Waals surface area contributed by atoms with Gasteiger partial charge in [0, 0.05) is 29.3 Å². The number of hydrogen-bond donors (Lipinski definition) is 2. The second-order valence-electron chi connectivity index (χ2n) is 5.82. The molecule has 0 aliphatic carbocycles. The summed E-state index contributed by atoms with van der Waals surface area (Å²) in [7, 11) is 1.90. The van der Waals surface area contributed by atoms with Crippen LogP contribution in [0.25, 0.3) is 0 Å². The normalized spacial score (nSPS) is 17.9. The fraction of sp³-hybridized carbons (Fsp3) is 0.312. The molecule has 0 saturated heterocycles. The predicted molar refractivity (Wildman–Crippen MR) is 102 cm³/mol. The smallest absolute Gasteiger partial charge is 0.111 e. The summed E-state index contributed by atoms with van der Waals surface area (Å²) in [6, 6.07) is 6.11. The third-order valence-electron chi connectivity index (χ3n) is 3.97. The van der Waals surface area contributed by atoms with E-state index in [1.807, 2.05) is 38.5 Å². The summed E-state index contributed by atoms with van der Waals surface area (Å²) in [5.74, 6) is 0.810. The molecular weight excluding hydrogens is 403 g/mol. The first kappa shape index (κ1) is 16.0. The van der Waals surface area contributed by atoms with Crippen LogP contribution in [0.3, 0.4) is 0 Å². The predicted octanol–water partition coefficient (Wildman–Crippen LogP) is 3.59. The standard InChI is InChI=1S/C16H19IN6/c1-10-8-22(13-7-20-21(3)9-13)15-6-12(17)4-5-14(15)23(11(2)18)16(10)19/h4-7,9-10,18-19H,8H2,1-3H3/t10-/m1/s1. The van der Waals surface area contributed by atoms with Crippen LogP contribution in [0, 0.1) is 20.3 Å². The zero-order chi connectivity index (χ0) is 16.7. The summed E-state index contributed by atoms with van der Waals surface area (Å²) in [4.78, 5) is 3.92. The quantitative estimate of drug-likeness (QED) is 0.419. The van der Waals surface area contributed by atoms with Crippen molar-refractivity contribution in [3.63, 3.8) is 0 Å². The van der Waals surface area contributed by atoms with Crippen LogP contribution in [0.15, 0.2) is 30.6 Å². The topological polar surface area (TPSA) is 72.0 Å². The van der Waals surface area contributed by atoms with Gasteiger partial charge in [0.25, 0.3) is 0 Å². The molecule has 0 amide bonds. The van der Waals surface area contributed by atoms with E-state index in [0.29, 0.717) is 18.2 Å². The fourth-order valence-electron chi connectivity index (χ4n) is 2.86. The molecule has 1 aliphatic rings. The van der Waals surface area contributed by atoms with Crippen molar-refractivity contribution in [1.82, 2.24) is 9.78 Å². The first-order valence-electron chi connectivity index (χ1n) is 7.38. The van der Waals surface area contributed by atoms with E-state index in [1.54, 1.807) is 16.5 Å². The van der Waals surface area contributed by atoms with Crippen molar-refractivity contribution in [2.45, 2.75) is 13.8 Å². The van der Waals surface area contributed by atoms with Crippen molar-refractivity contribution in [3.05, 3.63) is 34.2 Å². The third kappa shape index (κ3) is 2.85. The van der Waals surface area contributed by atoms with Gasteiger partial charge in [0.15, 0.2) is 0 Å². The summed E-state index contributed by atoms with van der Waals surface area (Å²) in [6.45, 7) is 4.43. The van der Waals surface area contributed by atoms with Crippen molar-refractivity contribution in [2.24, 2.45) is 13.0 Å². The molecule has 0 bridgehead atoms. The van der Waals surface area contributed by atoms with Crippen molar-refractivity contribution in [1.29, 1.82) is 10.8 Å². The van der Waals surface area contributed by atoms with Gasteiger partial charge < -0.3 is 4.90 Å². The maximum absolute atomic E-state index is 8.50. The summed E-state index contributed by atoms with van der Waals surface area (Å²) < 4.78 is 2.91. The van der Waals surface area contributed by atoms with E-state index in [4.69, 9.17) is 10.8 Å². The number of aryl methyl sites for hydroxylation is 1. The van der Waals surface area contributed by atoms with Crippen LogP contribution >= 0.6 is 22.6 Å². The minimum Gasteiger partial charge on any atom is -0.336 e. The minimum absolute atomic E-state index is 0.000525. The lowest BCUT2D eigenvalue weighted by atomic mass is 10.1. The lowest BCUT2D eigenvalue weighted by molar-refractivity contribution is 0.753. The van der Waals surface area contributed by atoms with E-state index in [2.05, 4.69) is 38.7 Å². The molecule has 0 radical (unpaired) electrons. The first-order chi connectivity index (χ1) is 10.9. The Hall–Kier alpha value is -1.90. The number of halogens is 1. The molecule has 120 valence electrons. The molecule has 6 nitrogen and oxygen atoms in total. The Morgan fingerprint density at radius 2 is 2.09 bits per heavy atom. The lowest BCUT2D eigenvalue weighted by Gasteiger charge is -2.26. The van der Waals surface area contributed by atoms with E-state index in [1.165, 1.54) is 0 Å². The van der Waals surface area contributed by atoms with Crippen molar-refractivity contribution < 1.29 is 0 Å². The number of rotatable bonds is 1. The maximum atomic E-state index is 8.50. The van der Waals surface area contributed by atoms with Crippen molar-refractivity contribution in [2.75, 3.05) is 16.3 Å². The number of aromatic nitrogens is 2. The third-order valence-corrected chi connectivity index (χ3v) is 4.64. The number of fused-ring (bicyclic) bond motifs is 1. The Morgan fingerprint density at radius 3 is 2.70 bits per heavy atom. The summed E-state index contributed by atoms with van der Waals surface area (Å²) in [5, 5.41) is 20.9. The first-order valence-corrected chi connectivity index (χ1v) is 8.46. The van der Waals surface area contributed by atoms with Crippen molar-refractivity contribution >= 4 is 51.3 Å². The number of nitrogens with zero attached hydrogens (tertiary/aromatic N) is 4. The van der Waals surface area contributed by atoms with Crippen LogP contribution < -0.4 is 9.80 Å². The Kier molecular flexibility index (Phi) is 4.13. The van der Waals surface area contributed by atoms with Crippen LogP contribution in [0.5, 0.6) is 0 Å². The molecule has 0 spiro atoms. The summed E-state index contributed by atoms with van der Waals surface area (Å²) >= 11 is 2.29. The van der Waals surface area contributed by atoms with Gasteiger partial charge in [-0.25, -0.2) is 0 Å². The van der Waals surface area contributed by atoms with Gasteiger partial charge in [0.2, 0.25) is 0 Å². The van der Waals surface area contributed by atoms with Gasteiger partial charge in [-0.2, -0.15) is 5.10 Å². The molecule has 0 unspecified atom stereocenters. The highest BCUT2D eigenvalue weighted by molar-refractivity contribution is 14.1. The lowest BCUT2D eigenvalue weighted by Crippen LogP contribution is -2.38. The van der Waals surface area contributed by atoms with Crippen LogP contribution in [0.4, 0.5) is 17.1 Å². The largest absolute Gasteiger partial charge is 0.336 e. The Balaban J connectivity index is 2.22. The van der Waals surface area contributed by atoms with E-state index in [9.17, 15) is 0 Å². The molecule has 2 aromatic rings. The van der Waals surface area contributed by atoms with Gasteiger partial charge in [-0.1, -0.05) is 6.92 Å². The number of benzene rings is 1. The van der Waals surface area contributed by atoms with Crippen LogP contribution in [-0.2, 0) is 7.05 Å². The minimum atomic E-state index is 0.000525. The fourth-order valence-corrected chi connectivity index (χ4v) is 3.34.